The van der Waals surface area contributed by atoms with Gasteiger partial charge in [-0.25, -0.2) is 0 Å². The van der Waals surface area contributed by atoms with Crippen LogP contribution in [0.3, 0.4) is 0 Å². The summed E-state index contributed by atoms with van der Waals surface area (Å²) in [7, 11) is 0. The Labute approximate surface area is 87.6 Å². The molecular formula is C11H24N2O. The van der Waals surface area contributed by atoms with E-state index in [-0.39, 0.29) is 12.1 Å². The standard InChI is InChI=1S/C11H24N2O/c1-3-5-6-10(12)11-9-13(4-2)7-8-14-11/h10-11H,3-9,12H2,1-2H3. The lowest BCUT2D eigenvalue weighted by molar-refractivity contribution is -0.0400. The minimum Gasteiger partial charge on any atom is -0.374 e. The van der Waals surface area contributed by atoms with Gasteiger partial charge in [-0.2, -0.15) is 0 Å². The van der Waals surface area contributed by atoms with E-state index in [9.17, 15) is 0 Å². The molecule has 0 aromatic rings. The number of rotatable bonds is 5. The molecular weight excluding hydrogens is 176 g/mol. The molecule has 0 saturated carbocycles. The molecule has 0 aliphatic carbocycles. The summed E-state index contributed by atoms with van der Waals surface area (Å²) in [5, 5.41) is 0. The summed E-state index contributed by atoms with van der Waals surface area (Å²) in [5.74, 6) is 0. The summed E-state index contributed by atoms with van der Waals surface area (Å²) in [6.07, 6.45) is 3.79. The van der Waals surface area contributed by atoms with E-state index in [0.717, 1.165) is 32.7 Å². The molecule has 2 unspecified atom stereocenters. The van der Waals surface area contributed by atoms with E-state index in [1.807, 2.05) is 0 Å². The molecule has 0 aromatic heterocycles. The lowest BCUT2D eigenvalue weighted by atomic mass is 10.0. The first-order valence-electron chi connectivity index (χ1n) is 5.87. The van der Waals surface area contributed by atoms with Crippen molar-refractivity contribution in [2.24, 2.45) is 5.73 Å². The summed E-state index contributed by atoms with van der Waals surface area (Å²) in [5.41, 5.74) is 6.10. The normalized spacial score (nSPS) is 26.4. The van der Waals surface area contributed by atoms with Crippen LogP contribution in [0.2, 0.25) is 0 Å². The Kier molecular flexibility index (Phi) is 5.45. The predicted octanol–water partition coefficient (Wildman–Crippen LogP) is 1.22. The van der Waals surface area contributed by atoms with Crippen molar-refractivity contribution in [3.05, 3.63) is 0 Å². The van der Waals surface area contributed by atoms with Gasteiger partial charge in [-0.15, -0.1) is 0 Å². The molecule has 3 heteroatoms. The number of nitrogens with zero attached hydrogens (tertiary/aromatic N) is 1. The van der Waals surface area contributed by atoms with Crippen LogP contribution in [0.15, 0.2) is 0 Å². The largest absolute Gasteiger partial charge is 0.374 e. The molecule has 3 nitrogen and oxygen atoms in total. The van der Waals surface area contributed by atoms with Crippen LogP contribution in [-0.2, 0) is 4.74 Å². The predicted molar refractivity (Wildman–Crippen MR) is 59.4 cm³/mol. The van der Waals surface area contributed by atoms with Crippen molar-refractivity contribution in [3.8, 4) is 0 Å². The number of hydrogen-bond acceptors (Lipinski definition) is 3. The number of unbranched alkanes of at least 4 members (excludes halogenated alkanes) is 1. The van der Waals surface area contributed by atoms with Crippen molar-refractivity contribution in [3.63, 3.8) is 0 Å². The second-order valence-electron chi connectivity index (χ2n) is 4.11. The van der Waals surface area contributed by atoms with Crippen molar-refractivity contribution in [2.75, 3.05) is 26.2 Å². The second kappa shape index (κ2) is 6.38. The molecule has 1 heterocycles. The third-order valence-electron chi connectivity index (χ3n) is 2.99. The van der Waals surface area contributed by atoms with Gasteiger partial charge < -0.3 is 10.5 Å². The minimum absolute atomic E-state index is 0.226. The average Bonchev–Trinajstić information content (AvgIpc) is 2.26. The van der Waals surface area contributed by atoms with Crippen LogP contribution >= 0.6 is 0 Å². The Morgan fingerprint density at radius 1 is 1.50 bits per heavy atom. The third-order valence-corrected chi connectivity index (χ3v) is 2.99. The highest BCUT2D eigenvalue weighted by Gasteiger charge is 2.24. The van der Waals surface area contributed by atoms with Crippen molar-refractivity contribution < 1.29 is 4.74 Å². The van der Waals surface area contributed by atoms with E-state index in [0.29, 0.717) is 0 Å². The van der Waals surface area contributed by atoms with Crippen LogP contribution < -0.4 is 5.73 Å². The van der Waals surface area contributed by atoms with E-state index < -0.39 is 0 Å². The van der Waals surface area contributed by atoms with Crippen molar-refractivity contribution in [2.45, 2.75) is 45.3 Å². The van der Waals surface area contributed by atoms with Crippen LogP contribution in [0.1, 0.15) is 33.1 Å². The molecule has 2 atom stereocenters. The van der Waals surface area contributed by atoms with Crippen LogP contribution in [-0.4, -0.2) is 43.3 Å². The highest BCUT2D eigenvalue weighted by Crippen LogP contribution is 2.11. The Morgan fingerprint density at radius 2 is 2.29 bits per heavy atom. The summed E-state index contributed by atoms with van der Waals surface area (Å²) in [6, 6.07) is 0.226. The molecule has 0 amide bonds. The first kappa shape index (κ1) is 12.0. The Bertz CT molecular complexity index is 152. The van der Waals surface area contributed by atoms with Gasteiger partial charge in [0.25, 0.3) is 0 Å². The molecule has 84 valence electrons. The van der Waals surface area contributed by atoms with Crippen molar-refractivity contribution in [1.82, 2.24) is 4.90 Å². The van der Waals surface area contributed by atoms with Crippen LogP contribution in [0.25, 0.3) is 0 Å². The summed E-state index contributed by atoms with van der Waals surface area (Å²) in [4.78, 5) is 2.42. The topological polar surface area (TPSA) is 38.5 Å². The molecule has 1 aliphatic heterocycles. The van der Waals surface area contributed by atoms with Gasteiger partial charge in [0.05, 0.1) is 12.7 Å². The molecule has 0 radical (unpaired) electrons. The number of nitrogens with two attached hydrogens (primary N) is 1. The monoisotopic (exact) mass is 200 g/mol. The fourth-order valence-corrected chi connectivity index (χ4v) is 1.90. The maximum atomic E-state index is 6.10. The third kappa shape index (κ3) is 3.56. The van der Waals surface area contributed by atoms with E-state index in [4.69, 9.17) is 10.5 Å². The van der Waals surface area contributed by atoms with Crippen LogP contribution in [0.4, 0.5) is 0 Å². The Hall–Kier alpha value is -0.120. The van der Waals surface area contributed by atoms with Gasteiger partial charge in [-0.1, -0.05) is 26.7 Å². The Morgan fingerprint density at radius 3 is 2.93 bits per heavy atom. The minimum atomic E-state index is 0.226. The zero-order chi connectivity index (χ0) is 10.4. The van der Waals surface area contributed by atoms with Gasteiger partial charge in [-0.05, 0) is 13.0 Å². The molecule has 0 bridgehead atoms. The smallest absolute Gasteiger partial charge is 0.0853 e. The molecule has 1 fully saturated rings. The molecule has 0 spiro atoms. The molecule has 14 heavy (non-hydrogen) atoms. The first-order chi connectivity index (χ1) is 6.77. The van der Waals surface area contributed by atoms with E-state index >= 15 is 0 Å². The molecule has 1 saturated heterocycles. The van der Waals surface area contributed by atoms with Gasteiger partial charge in [0.15, 0.2) is 0 Å². The number of ether oxygens (including phenoxy) is 1. The first-order valence-corrected chi connectivity index (χ1v) is 5.87. The second-order valence-corrected chi connectivity index (χ2v) is 4.11. The number of hydrogen-bond donors (Lipinski definition) is 1. The lowest BCUT2D eigenvalue weighted by Crippen LogP contribution is -2.50. The zero-order valence-corrected chi connectivity index (χ0v) is 9.54. The molecule has 0 aromatic carbocycles. The summed E-state index contributed by atoms with van der Waals surface area (Å²) >= 11 is 0. The maximum Gasteiger partial charge on any atom is 0.0853 e. The van der Waals surface area contributed by atoms with Gasteiger partial charge >= 0.3 is 0 Å². The van der Waals surface area contributed by atoms with Gasteiger partial charge in [-0.3, -0.25) is 4.90 Å². The quantitative estimate of drug-likeness (QED) is 0.725. The number of likely N-dealkylation sites (N-methyl/N-ethyl adjacent to an activating group) is 1. The molecule has 1 rings (SSSR count). The van der Waals surface area contributed by atoms with Gasteiger partial charge in [0.1, 0.15) is 0 Å². The van der Waals surface area contributed by atoms with E-state index in [2.05, 4.69) is 18.7 Å². The van der Waals surface area contributed by atoms with Crippen molar-refractivity contribution >= 4 is 0 Å². The number of morpholine rings is 1. The average molecular weight is 200 g/mol. The fourth-order valence-electron chi connectivity index (χ4n) is 1.90. The van der Waals surface area contributed by atoms with E-state index in [1.54, 1.807) is 0 Å². The molecule has 1 aliphatic rings. The summed E-state index contributed by atoms with van der Waals surface area (Å²) in [6.45, 7) is 8.43. The molecule has 2 N–H and O–H groups in total. The fraction of sp³-hybridized carbons (Fsp3) is 1.00. The zero-order valence-electron chi connectivity index (χ0n) is 9.54. The van der Waals surface area contributed by atoms with Crippen molar-refractivity contribution in [1.29, 1.82) is 0 Å². The Balaban J connectivity index is 2.27. The van der Waals surface area contributed by atoms with Crippen LogP contribution in [0.5, 0.6) is 0 Å². The van der Waals surface area contributed by atoms with Gasteiger partial charge in [0, 0.05) is 19.1 Å². The SMILES string of the molecule is CCCCC(N)C1CN(CC)CCO1. The lowest BCUT2D eigenvalue weighted by Gasteiger charge is -2.35. The summed E-state index contributed by atoms with van der Waals surface area (Å²) < 4.78 is 5.70. The van der Waals surface area contributed by atoms with E-state index in [1.165, 1.54) is 12.8 Å². The van der Waals surface area contributed by atoms with Gasteiger partial charge in [0.2, 0.25) is 0 Å². The van der Waals surface area contributed by atoms with Crippen LogP contribution in [0, 0.1) is 0 Å². The highest BCUT2D eigenvalue weighted by molar-refractivity contribution is 4.79. The highest BCUT2D eigenvalue weighted by atomic mass is 16.5. The maximum absolute atomic E-state index is 6.10.